The van der Waals surface area contributed by atoms with Crippen molar-refractivity contribution >= 4 is 17.5 Å². The van der Waals surface area contributed by atoms with E-state index < -0.39 is 0 Å². The monoisotopic (exact) mass is 411 g/mol. The van der Waals surface area contributed by atoms with Crippen LogP contribution in [0.5, 0.6) is 0 Å². The van der Waals surface area contributed by atoms with Crippen LogP contribution in [0.1, 0.15) is 24.3 Å². The van der Waals surface area contributed by atoms with E-state index in [9.17, 15) is 4.79 Å². The van der Waals surface area contributed by atoms with E-state index in [0.717, 1.165) is 37.1 Å². The van der Waals surface area contributed by atoms with Gasteiger partial charge in [-0.2, -0.15) is 4.98 Å². The van der Waals surface area contributed by atoms with Crippen molar-refractivity contribution in [1.29, 1.82) is 0 Å². The molecule has 3 aromatic rings. The molecule has 1 fully saturated rings. The molecule has 0 aliphatic carbocycles. The Bertz CT molecular complexity index is 937. The third kappa shape index (κ3) is 5.19. The molecular weight excluding hydrogens is 390 g/mol. The number of carbonyl (C=O) groups excluding carboxylic acids is 1. The largest absolute Gasteiger partial charge is 0.352 e. The molecule has 7 nitrogen and oxygen atoms in total. The van der Waals surface area contributed by atoms with Gasteiger partial charge in [0.2, 0.25) is 17.6 Å². The molecule has 0 bridgehead atoms. The molecule has 4 rings (SSSR count). The molecule has 1 aliphatic rings. The number of hydrogen-bond donors (Lipinski definition) is 1. The van der Waals surface area contributed by atoms with Crippen LogP contribution < -0.4 is 5.32 Å². The quantitative estimate of drug-likeness (QED) is 0.669. The Morgan fingerprint density at radius 3 is 2.72 bits per heavy atom. The van der Waals surface area contributed by atoms with Crippen LogP contribution in [0.3, 0.4) is 0 Å². The Kier molecular flexibility index (Phi) is 6.17. The lowest BCUT2D eigenvalue weighted by Crippen LogP contribution is -2.40. The highest BCUT2D eigenvalue weighted by atomic mass is 35.5. The van der Waals surface area contributed by atoms with Gasteiger partial charge in [0.1, 0.15) is 0 Å². The van der Waals surface area contributed by atoms with Crippen LogP contribution >= 0.6 is 11.6 Å². The lowest BCUT2D eigenvalue weighted by atomic mass is 9.96. The highest BCUT2D eigenvalue weighted by molar-refractivity contribution is 6.30. The number of pyridine rings is 1. The van der Waals surface area contributed by atoms with Crippen molar-refractivity contribution in [3.63, 3.8) is 0 Å². The van der Waals surface area contributed by atoms with Gasteiger partial charge < -0.3 is 9.84 Å². The number of piperidine rings is 1. The Hall–Kier alpha value is -2.77. The van der Waals surface area contributed by atoms with Gasteiger partial charge in [-0.3, -0.25) is 14.7 Å². The number of halogens is 1. The number of aromatic nitrogens is 3. The highest BCUT2D eigenvalue weighted by Crippen LogP contribution is 2.21. The van der Waals surface area contributed by atoms with Crippen LogP contribution in [-0.4, -0.2) is 39.0 Å². The summed E-state index contributed by atoms with van der Waals surface area (Å²) in [5.74, 6) is 1.28. The number of amides is 1. The molecule has 1 aromatic carbocycles. The van der Waals surface area contributed by atoms with E-state index in [-0.39, 0.29) is 11.8 Å². The smallest absolute Gasteiger partial charge is 0.241 e. The van der Waals surface area contributed by atoms with Gasteiger partial charge in [-0.1, -0.05) is 22.8 Å². The van der Waals surface area contributed by atoms with Crippen molar-refractivity contribution in [3.05, 3.63) is 65.3 Å². The second kappa shape index (κ2) is 9.15. The van der Waals surface area contributed by atoms with Crippen molar-refractivity contribution in [2.45, 2.75) is 25.9 Å². The zero-order valence-corrected chi connectivity index (χ0v) is 16.7. The maximum atomic E-state index is 12.4. The summed E-state index contributed by atoms with van der Waals surface area (Å²) in [6, 6.07) is 11.2. The topological polar surface area (TPSA) is 84.2 Å². The molecule has 1 amide bonds. The van der Waals surface area contributed by atoms with E-state index in [1.54, 1.807) is 24.5 Å². The first-order valence-corrected chi connectivity index (χ1v) is 10.0. The predicted molar refractivity (Wildman–Crippen MR) is 109 cm³/mol. The number of likely N-dealkylation sites (tertiary alicyclic amines) is 1. The molecule has 8 heteroatoms. The Morgan fingerprint density at radius 2 is 2.00 bits per heavy atom. The van der Waals surface area contributed by atoms with Crippen molar-refractivity contribution in [2.24, 2.45) is 5.92 Å². The SMILES string of the molecule is O=C(NCc1cccnc1)C1CCN(Cc2nc(-c3ccc(Cl)cc3)no2)CC1. The molecule has 1 aliphatic heterocycles. The second-order valence-electron chi connectivity index (χ2n) is 7.15. The molecular formula is C21H22ClN5O2. The molecule has 3 heterocycles. The van der Waals surface area contributed by atoms with Gasteiger partial charge in [0.25, 0.3) is 0 Å². The Labute approximate surface area is 174 Å². The first-order chi connectivity index (χ1) is 14.2. The van der Waals surface area contributed by atoms with E-state index >= 15 is 0 Å². The molecule has 0 saturated carbocycles. The summed E-state index contributed by atoms with van der Waals surface area (Å²) in [4.78, 5) is 23.2. The number of nitrogens with zero attached hydrogens (tertiary/aromatic N) is 4. The summed E-state index contributed by atoms with van der Waals surface area (Å²) in [5.41, 5.74) is 1.87. The summed E-state index contributed by atoms with van der Waals surface area (Å²) in [7, 11) is 0. The fraction of sp³-hybridized carbons (Fsp3) is 0.333. The first-order valence-electron chi connectivity index (χ1n) is 9.65. The van der Waals surface area contributed by atoms with Crippen LogP contribution in [0.25, 0.3) is 11.4 Å². The molecule has 0 radical (unpaired) electrons. The zero-order valence-electron chi connectivity index (χ0n) is 15.9. The molecule has 0 unspecified atom stereocenters. The van der Waals surface area contributed by atoms with Gasteiger partial charge in [-0.15, -0.1) is 0 Å². The lowest BCUT2D eigenvalue weighted by Gasteiger charge is -2.30. The minimum atomic E-state index is 0.0373. The van der Waals surface area contributed by atoms with Gasteiger partial charge in [0.05, 0.1) is 6.54 Å². The van der Waals surface area contributed by atoms with Crippen molar-refractivity contribution < 1.29 is 9.32 Å². The minimum Gasteiger partial charge on any atom is -0.352 e. The van der Waals surface area contributed by atoms with E-state index in [4.69, 9.17) is 16.1 Å². The summed E-state index contributed by atoms with van der Waals surface area (Å²) in [6.07, 6.45) is 5.13. The standard InChI is InChI=1S/C21H22ClN5O2/c22-18-5-3-16(4-6-18)20-25-19(29-26-20)14-27-10-7-17(8-11-27)21(28)24-13-15-2-1-9-23-12-15/h1-6,9,12,17H,7-8,10-11,13-14H2,(H,24,28). The average molecular weight is 412 g/mol. The molecule has 29 heavy (non-hydrogen) atoms. The maximum absolute atomic E-state index is 12.4. The van der Waals surface area contributed by atoms with E-state index in [1.165, 1.54) is 0 Å². The minimum absolute atomic E-state index is 0.0373. The number of rotatable bonds is 6. The molecule has 150 valence electrons. The first kappa shape index (κ1) is 19.5. The summed E-state index contributed by atoms with van der Waals surface area (Å²) >= 11 is 5.92. The fourth-order valence-corrected chi connectivity index (χ4v) is 3.54. The normalized spacial score (nSPS) is 15.3. The third-order valence-corrected chi connectivity index (χ3v) is 5.33. The molecule has 2 aromatic heterocycles. The van der Waals surface area contributed by atoms with Crippen molar-refractivity contribution in [2.75, 3.05) is 13.1 Å². The summed E-state index contributed by atoms with van der Waals surface area (Å²) in [5, 5.41) is 7.73. The van der Waals surface area contributed by atoms with Gasteiger partial charge in [0.15, 0.2) is 0 Å². The molecule has 1 N–H and O–H groups in total. The van der Waals surface area contributed by atoms with Gasteiger partial charge >= 0.3 is 0 Å². The molecule has 0 spiro atoms. The number of nitrogens with one attached hydrogen (secondary N) is 1. The third-order valence-electron chi connectivity index (χ3n) is 5.08. The van der Waals surface area contributed by atoms with Crippen LogP contribution in [-0.2, 0) is 17.9 Å². The van der Waals surface area contributed by atoms with Gasteiger partial charge in [0, 0.05) is 35.4 Å². The van der Waals surface area contributed by atoms with Crippen LogP contribution in [0.4, 0.5) is 0 Å². The number of benzene rings is 1. The molecule has 1 saturated heterocycles. The molecule has 0 atom stereocenters. The Balaban J connectivity index is 1.25. The number of hydrogen-bond acceptors (Lipinski definition) is 6. The fourth-order valence-electron chi connectivity index (χ4n) is 3.42. The van der Waals surface area contributed by atoms with Crippen molar-refractivity contribution in [1.82, 2.24) is 25.3 Å². The summed E-state index contributed by atoms with van der Waals surface area (Å²) < 4.78 is 5.39. The highest BCUT2D eigenvalue weighted by Gasteiger charge is 2.25. The van der Waals surface area contributed by atoms with Gasteiger partial charge in [-0.25, -0.2) is 0 Å². The average Bonchev–Trinajstić information content (AvgIpc) is 3.22. The summed E-state index contributed by atoms with van der Waals surface area (Å²) in [6.45, 7) is 2.75. The van der Waals surface area contributed by atoms with E-state index in [0.29, 0.717) is 29.8 Å². The Morgan fingerprint density at radius 1 is 1.21 bits per heavy atom. The van der Waals surface area contributed by atoms with Crippen LogP contribution in [0.2, 0.25) is 5.02 Å². The van der Waals surface area contributed by atoms with E-state index in [2.05, 4.69) is 25.3 Å². The van der Waals surface area contributed by atoms with Crippen LogP contribution in [0.15, 0.2) is 53.3 Å². The predicted octanol–water partition coefficient (Wildman–Crippen LogP) is 3.31. The zero-order chi connectivity index (χ0) is 20.1. The maximum Gasteiger partial charge on any atom is 0.241 e. The lowest BCUT2D eigenvalue weighted by molar-refractivity contribution is -0.126. The van der Waals surface area contributed by atoms with Gasteiger partial charge in [-0.05, 0) is 61.8 Å². The van der Waals surface area contributed by atoms with Crippen LogP contribution in [0, 0.1) is 5.92 Å². The second-order valence-corrected chi connectivity index (χ2v) is 7.58. The number of carbonyl (C=O) groups is 1. The van der Waals surface area contributed by atoms with Crippen molar-refractivity contribution in [3.8, 4) is 11.4 Å². The van der Waals surface area contributed by atoms with E-state index in [1.807, 2.05) is 24.3 Å².